The molecule has 1 saturated carbocycles. The van der Waals surface area contributed by atoms with E-state index in [0.29, 0.717) is 35.7 Å². The van der Waals surface area contributed by atoms with E-state index in [2.05, 4.69) is 15.5 Å². The molecule has 2 aromatic rings. The van der Waals surface area contributed by atoms with Crippen molar-refractivity contribution < 1.29 is 13.9 Å². The number of nitrogens with one attached hydrogen (secondary N) is 2. The molecule has 4 rings (SSSR count). The zero-order valence-corrected chi connectivity index (χ0v) is 19.0. The zero-order valence-electron chi connectivity index (χ0n) is 17.4. The number of rotatable bonds is 7. The molecule has 2 N–H and O–H groups in total. The van der Waals surface area contributed by atoms with Gasteiger partial charge in [0.05, 0.1) is 18.2 Å². The Morgan fingerprint density at radius 1 is 1.43 bits per heavy atom. The number of carbonyl (C=O) groups is 1. The molecule has 1 aliphatic carbocycles. The van der Waals surface area contributed by atoms with Gasteiger partial charge in [-0.3, -0.25) is 9.89 Å². The van der Waals surface area contributed by atoms with Crippen LogP contribution >= 0.6 is 0 Å². The molecule has 0 bridgehead atoms. The van der Waals surface area contributed by atoms with Gasteiger partial charge in [0.25, 0.3) is 0 Å². The molecule has 162 valence electrons. The van der Waals surface area contributed by atoms with E-state index in [1.165, 1.54) is 0 Å². The molecule has 2 aliphatic rings. The highest BCUT2D eigenvalue weighted by atomic mass is 32.8. The Hall–Kier alpha value is -1.80. The summed E-state index contributed by atoms with van der Waals surface area (Å²) in [5, 5.41) is 10.5. The monoisotopic (exact) mass is 449 g/mol. The van der Waals surface area contributed by atoms with Crippen LogP contribution in [0.2, 0.25) is 0 Å². The number of H-pyrrole nitrogens is 1. The fourth-order valence-electron chi connectivity index (χ4n) is 4.20. The molecular formula is C22H28FN3O2S2. The van der Waals surface area contributed by atoms with Gasteiger partial charge < -0.3 is 10.1 Å². The first-order chi connectivity index (χ1) is 14.4. The quantitative estimate of drug-likeness (QED) is 0.591. The second kappa shape index (κ2) is 9.14. The number of nitrogens with zero attached hydrogens (tertiary/aromatic N) is 1. The standard InChI is InChI=1S/C22H28FN3O2S2/c1-3-13(2)22(27)28-10-14-4-5-15(8-14)19-9-20(26-25-19)24-18-7-6-16-11-30(29)12-17(16)21(18)23/h6-7,9,13-15H,3-5,8,10-12H2,1-2H3,(H2,24,25,26). The van der Waals surface area contributed by atoms with Gasteiger partial charge in [-0.1, -0.05) is 31.1 Å². The number of hydrogen-bond donors (Lipinski definition) is 2. The van der Waals surface area contributed by atoms with Gasteiger partial charge in [0.1, 0.15) is 0 Å². The summed E-state index contributed by atoms with van der Waals surface area (Å²) in [6.07, 6.45) is 3.82. The molecule has 1 aromatic heterocycles. The molecule has 0 radical (unpaired) electrons. The third-order valence-electron chi connectivity index (χ3n) is 6.28. The van der Waals surface area contributed by atoms with Gasteiger partial charge in [0, 0.05) is 34.7 Å². The first-order valence-corrected chi connectivity index (χ1v) is 13.1. The predicted molar refractivity (Wildman–Crippen MR) is 121 cm³/mol. The van der Waals surface area contributed by atoms with Crippen LogP contribution in [0.25, 0.3) is 0 Å². The van der Waals surface area contributed by atoms with Gasteiger partial charge in [-0.15, -0.1) is 9.45 Å². The minimum absolute atomic E-state index is 0.0412. The first kappa shape index (κ1) is 21.4. The van der Waals surface area contributed by atoms with Crippen LogP contribution in [0.5, 0.6) is 0 Å². The Bertz CT molecular complexity index is 962. The van der Waals surface area contributed by atoms with Crippen molar-refractivity contribution in [3.63, 3.8) is 0 Å². The van der Waals surface area contributed by atoms with Gasteiger partial charge in [-0.05, 0) is 43.2 Å². The van der Waals surface area contributed by atoms with Crippen molar-refractivity contribution >= 4 is 38.1 Å². The van der Waals surface area contributed by atoms with Crippen LogP contribution in [0.15, 0.2) is 18.2 Å². The summed E-state index contributed by atoms with van der Waals surface area (Å²) in [6.45, 7) is 4.38. The second-order valence-electron chi connectivity index (χ2n) is 8.44. The third kappa shape index (κ3) is 4.59. The minimum atomic E-state index is -0.207. The van der Waals surface area contributed by atoms with Crippen molar-refractivity contribution in [2.24, 2.45) is 11.8 Å². The van der Waals surface area contributed by atoms with Gasteiger partial charge in [-0.25, -0.2) is 4.39 Å². The maximum absolute atomic E-state index is 14.8. The van der Waals surface area contributed by atoms with Gasteiger partial charge in [0.2, 0.25) is 0 Å². The number of fused-ring (bicyclic) bond motifs is 1. The lowest BCUT2D eigenvalue weighted by Crippen LogP contribution is -2.18. The number of anilines is 2. The number of hydrogen-bond acceptors (Lipinski definition) is 5. The van der Waals surface area contributed by atoms with E-state index >= 15 is 0 Å². The third-order valence-corrected chi connectivity index (χ3v) is 8.23. The number of esters is 1. The summed E-state index contributed by atoms with van der Waals surface area (Å²) in [4.78, 5) is 11.9. The summed E-state index contributed by atoms with van der Waals surface area (Å²) in [5.41, 5.74) is 3.27. The van der Waals surface area contributed by atoms with Crippen LogP contribution in [-0.2, 0) is 41.7 Å². The van der Waals surface area contributed by atoms with E-state index in [9.17, 15) is 9.18 Å². The molecule has 0 amide bonds. The topological polar surface area (TPSA) is 67.0 Å². The van der Waals surface area contributed by atoms with Crippen molar-refractivity contribution in [2.75, 3.05) is 11.9 Å². The minimum Gasteiger partial charge on any atom is -0.465 e. The van der Waals surface area contributed by atoms with Crippen molar-refractivity contribution in [3.8, 4) is 0 Å². The zero-order chi connectivity index (χ0) is 21.3. The van der Waals surface area contributed by atoms with E-state index in [0.717, 1.165) is 48.3 Å². The van der Waals surface area contributed by atoms with Crippen LogP contribution in [0, 0.1) is 17.7 Å². The number of aromatic amines is 1. The lowest BCUT2D eigenvalue weighted by molar-refractivity contribution is -0.149. The van der Waals surface area contributed by atoms with E-state index in [1.807, 2.05) is 26.0 Å². The predicted octanol–water partition coefficient (Wildman–Crippen LogP) is 4.86. The Morgan fingerprint density at radius 2 is 2.27 bits per heavy atom. The smallest absolute Gasteiger partial charge is 0.308 e. The van der Waals surface area contributed by atoms with Gasteiger partial charge in [0.15, 0.2) is 11.6 Å². The fraction of sp³-hybridized carbons (Fsp3) is 0.545. The molecule has 0 spiro atoms. The Kier molecular flexibility index (Phi) is 6.53. The van der Waals surface area contributed by atoms with E-state index in [4.69, 9.17) is 15.9 Å². The average molecular weight is 450 g/mol. The van der Waals surface area contributed by atoms with Crippen molar-refractivity contribution in [3.05, 3.63) is 40.8 Å². The van der Waals surface area contributed by atoms with Crippen LogP contribution < -0.4 is 5.32 Å². The highest BCUT2D eigenvalue weighted by Crippen LogP contribution is 2.39. The lowest BCUT2D eigenvalue weighted by atomic mass is 10.0. The summed E-state index contributed by atoms with van der Waals surface area (Å²) in [7, 11) is -0.181. The molecule has 1 aliphatic heterocycles. The first-order valence-electron chi connectivity index (χ1n) is 10.6. The summed E-state index contributed by atoms with van der Waals surface area (Å²) in [5.74, 6) is 2.43. The summed E-state index contributed by atoms with van der Waals surface area (Å²) in [6, 6.07) is 5.70. The molecule has 8 heteroatoms. The number of carbonyl (C=O) groups excluding carboxylic acids is 1. The maximum atomic E-state index is 14.8. The SMILES string of the molecule is CCC(C)C(=O)OCC1CCC(c2cc(Nc3ccc4c(c3F)CS(=S)C4)n[nH]2)C1. The van der Waals surface area contributed by atoms with Gasteiger partial charge in [-0.2, -0.15) is 5.10 Å². The molecule has 4 atom stereocenters. The molecule has 4 unspecified atom stereocenters. The van der Waals surface area contributed by atoms with E-state index < -0.39 is 0 Å². The normalized spacial score (nSPS) is 23.9. The molecule has 1 fully saturated rings. The molecule has 2 heterocycles. The number of aromatic nitrogens is 2. The molecular weight excluding hydrogens is 421 g/mol. The van der Waals surface area contributed by atoms with Crippen molar-refractivity contribution in [1.82, 2.24) is 10.2 Å². The fourth-order valence-corrected chi connectivity index (χ4v) is 6.29. The second-order valence-corrected chi connectivity index (χ2v) is 11.3. The van der Waals surface area contributed by atoms with Crippen LogP contribution in [-0.4, -0.2) is 22.8 Å². The molecule has 5 nitrogen and oxygen atoms in total. The lowest BCUT2D eigenvalue weighted by Gasteiger charge is -2.13. The molecule has 0 saturated heterocycles. The largest absolute Gasteiger partial charge is 0.465 e. The number of benzene rings is 1. The molecule has 30 heavy (non-hydrogen) atoms. The Morgan fingerprint density at radius 3 is 3.07 bits per heavy atom. The summed E-state index contributed by atoms with van der Waals surface area (Å²) >= 11 is 5.36. The van der Waals surface area contributed by atoms with E-state index in [1.54, 1.807) is 6.07 Å². The van der Waals surface area contributed by atoms with E-state index in [-0.39, 0.29) is 27.2 Å². The molecule has 1 aromatic carbocycles. The van der Waals surface area contributed by atoms with Crippen LogP contribution in [0.3, 0.4) is 0 Å². The van der Waals surface area contributed by atoms with Crippen LogP contribution in [0.4, 0.5) is 15.9 Å². The van der Waals surface area contributed by atoms with Crippen molar-refractivity contribution in [2.45, 2.75) is 57.0 Å². The van der Waals surface area contributed by atoms with Crippen LogP contribution in [0.1, 0.15) is 62.3 Å². The Balaban J connectivity index is 1.35. The highest BCUT2D eigenvalue weighted by molar-refractivity contribution is 8.28. The van der Waals surface area contributed by atoms with Crippen molar-refractivity contribution in [1.29, 1.82) is 0 Å². The number of halogens is 1. The average Bonchev–Trinajstić information content (AvgIpc) is 3.47. The van der Waals surface area contributed by atoms with Gasteiger partial charge >= 0.3 is 5.97 Å². The highest BCUT2D eigenvalue weighted by Gasteiger charge is 2.29. The summed E-state index contributed by atoms with van der Waals surface area (Å²) < 4.78 is 20.3. The Labute approximate surface area is 183 Å². The maximum Gasteiger partial charge on any atom is 0.308 e. The number of ether oxygens (including phenoxy) is 1.